The van der Waals surface area contributed by atoms with E-state index in [1.807, 2.05) is 81.4 Å². The summed E-state index contributed by atoms with van der Waals surface area (Å²) in [5.41, 5.74) is 2.58. The summed E-state index contributed by atoms with van der Waals surface area (Å²) in [7, 11) is 0. The molecule has 2 atom stereocenters. The van der Waals surface area contributed by atoms with Crippen molar-refractivity contribution in [2.75, 3.05) is 12.5 Å². The van der Waals surface area contributed by atoms with Crippen LogP contribution in [0.25, 0.3) is 0 Å². The number of ether oxygens (including phenoxy) is 2. The van der Waals surface area contributed by atoms with E-state index in [0.29, 0.717) is 18.2 Å². The smallest absolute Gasteiger partial charge is 0.316 e. The fraction of sp³-hybridized carbons (Fsp3) is 0.276. The minimum atomic E-state index is -0.592. The predicted molar refractivity (Wildman–Crippen MR) is 135 cm³/mol. The van der Waals surface area contributed by atoms with Crippen LogP contribution in [0, 0.1) is 5.41 Å². The molecular formula is C29H31ClO3. The fourth-order valence-electron chi connectivity index (χ4n) is 3.77. The van der Waals surface area contributed by atoms with E-state index in [1.54, 1.807) is 0 Å². The highest BCUT2D eigenvalue weighted by molar-refractivity contribution is 6.18. The van der Waals surface area contributed by atoms with E-state index in [0.717, 1.165) is 22.4 Å². The number of esters is 1. The van der Waals surface area contributed by atoms with Gasteiger partial charge in [-0.3, -0.25) is 4.79 Å². The molecule has 3 rings (SSSR count). The molecule has 0 amide bonds. The molecule has 0 aliphatic heterocycles. The maximum atomic E-state index is 12.5. The molecule has 0 aliphatic carbocycles. The highest BCUT2D eigenvalue weighted by Gasteiger charge is 2.28. The molecule has 0 heterocycles. The zero-order chi connectivity index (χ0) is 23.8. The number of halogens is 1. The van der Waals surface area contributed by atoms with Crippen molar-refractivity contribution >= 4 is 17.6 Å². The van der Waals surface area contributed by atoms with Gasteiger partial charge >= 0.3 is 5.97 Å². The molecule has 0 bridgehead atoms. The molecule has 3 aromatic rings. The number of carbonyl (C=O) groups excluding carboxylic acids is 1. The van der Waals surface area contributed by atoms with Crippen molar-refractivity contribution in [3.05, 3.63) is 108 Å². The minimum Gasteiger partial charge on any atom is -0.492 e. The van der Waals surface area contributed by atoms with Crippen molar-refractivity contribution < 1.29 is 14.3 Å². The topological polar surface area (TPSA) is 35.5 Å². The summed E-state index contributed by atoms with van der Waals surface area (Å²) in [6.45, 7) is 10.1. The SMILES string of the molecule is C=CC(c1ccccc1)C(c1cccc(OC(=O)C(C)(C)C)c1)c1ccccc1OCCCl. The Bertz CT molecular complexity index is 1070. The molecule has 0 radical (unpaired) electrons. The number of allylic oxidation sites excluding steroid dienone is 1. The van der Waals surface area contributed by atoms with Crippen molar-refractivity contribution in [2.24, 2.45) is 5.41 Å². The van der Waals surface area contributed by atoms with Gasteiger partial charge < -0.3 is 9.47 Å². The molecule has 4 heteroatoms. The van der Waals surface area contributed by atoms with Gasteiger partial charge in [-0.05, 0) is 50.1 Å². The number of benzene rings is 3. The highest BCUT2D eigenvalue weighted by atomic mass is 35.5. The van der Waals surface area contributed by atoms with Crippen molar-refractivity contribution in [3.8, 4) is 11.5 Å². The third-order valence-corrected chi connectivity index (χ3v) is 5.58. The molecule has 0 saturated carbocycles. The summed E-state index contributed by atoms with van der Waals surface area (Å²) in [6.07, 6.45) is 1.96. The normalized spacial score (nSPS) is 13.1. The molecule has 0 fully saturated rings. The first-order valence-corrected chi connectivity index (χ1v) is 11.7. The summed E-state index contributed by atoms with van der Waals surface area (Å²) < 4.78 is 11.7. The Kier molecular flexibility index (Phi) is 8.35. The van der Waals surface area contributed by atoms with E-state index in [-0.39, 0.29) is 17.8 Å². The first-order valence-electron chi connectivity index (χ1n) is 11.1. The lowest BCUT2D eigenvalue weighted by Gasteiger charge is -2.28. The maximum absolute atomic E-state index is 12.5. The van der Waals surface area contributed by atoms with Crippen LogP contribution in [0.3, 0.4) is 0 Å². The second kappa shape index (κ2) is 11.2. The molecule has 3 aromatic carbocycles. The molecular weight excluding hydrogens is 432 g/mol. The average Bonchev–Trinajstić information content (AvgIpc) is 2.81. The van der Waals surface area contributed by atoms with E-state index in [9.17, 15) is 4.79 Å². The predicted octanol–water partition coefficient (Wildman–Crippen LogP) is 7.36. The van der Waals surface area contributed by atoms with E-state index in [4.69, 9.17) is 21.1 Å². The number of carbonyl (C=O) groups is 1. The van der Waals surface area contributed by atoms with Gasteiger partial charge in [0, 0.05) is 17.4 Å². The lowest BCUT2D eigenvalue weighted by Crippen LogP contribution is -2.25. The van der Waals surface area contributed by atoms with Crippen LogP contribution in [0.2, 0.25) is 0 Å². The quantitative estimate of drug-likeness (QED) is 0.144. The summed E-state index contributed by atoms with van der Waals surface area (Å²) in [6, 6.07) is 26.0. The second-order valence-electron chi connectivity index (χ2n) is 8.94. The van der Waals surface area contributed by atoms with Crippen molar-refractivity contribution in [1.82, 2.24) is 0 Å². The van der Waals surface area contributed by atoms with E-state index in [1.165, 1.54) is 0 Å². The van der Waals surface area contributed by atoms with E-state index in [2.05, 4.69) is 30.8 Å². The third-order valence-electron chi connectivity index (χ3n) is 5.43. The summed E-state index contributed by atoms with van der Waals surface area (Å²) in [4.78, 5) is 12.5. The van der Waals surface area contributed by atoms with Crippen LogP contribution in [0.4, 0.5) is 0 Å². The molecule has 33 heavy (non-hydrogen) atoms. The molecule has 0 N–H and O–H groups in total. The standard InChI is InChI=1S/C29H31ClO3/c1-5-24(21-12-7-6-8-13-21)27(25-16-9-10-17-26(25)32-19-18-30)22-14-11-15-23(20-22)33-28(31)29(2,3)4/h5-17,20,24,27H,1,18-19H2,2-4H3. The average molecular weight is 463 g/mol. The Hall–Kier alpha value is -3.04. The van der Waals surface area contributed by atoms with E-state index < -0.39 is 5.41 Å². The Labute approximate surface area is 202 Å². The zero-order valence-electron chi connectivity index (χ0n) is 19.5. The van der Waals surface area contributed by atoms with Crippen LogP contribution in [-0.4, -0.2) is 18.5 Å². The van der Waals surface area contributed by atoms with Gasteiger partial charge in [-0.1, -0.05) is 66.7 Å². The van der Waals surface area contributed by atoms with Crippen LogP contribution in [0.1, 0.15) is 49.3 Å². The van der Waals surface area contributed by atoms with Gasteiger partial charge in [-0.15, -0.1) is 18.2 Å². The highest BCUT2D eigenvalue weighted by Crippen LogP contribution is 2.43. The van der Waals surface area contributed by atoms with E-state index >= 15 is 0 Å². The largest absolute Gasteiger partial charge is 0.492 e. The third kappa shape index (κ3) is 6.27. The summed E-state index contributed by atoms with van der Waals surface area (Å²) in [5.74, 6) is 1.30. The fourth-order valence-corrected chi connectivity index (χ4v) is 3.85. The molecule has 0 spiro atoms. The number of hydrogen-bond donors (Lipinski definition) is 0. The monoisotopic (exact) mass is 462 g/mol. The summed E-state index contributed by atoms with van der Waals surface area (Å²) >= 11 is 5.90. The maximum Gasteiger partial charge on any atom is 0.316 e. The second-order valence-corrected chi connectivity index (χ2v) is 9.32. The van der Waals surface area contributed by atoms with Gasteiger partial charge in [0.15, 0.2) is 0 Å². The van der Waals surface area contributed by atoms with Crippen LogP contribution in [0.15, 0.2) is 91.5 Å². The Balaban J connectivity index is 2.12. The first-order chi connectivity index (χ1) is 15.8. The Morgan fingerprint density at radius 3 is 2.30 bits per heavy atom. The van der Waals surface area contributed by atoms with Crippen LogP contribution < -0.4 is 9.47 Å². The Morgan fingerprint density at radius 2 is 1.64 bits per heavy atom. The molecule has 2 unspecified atom stereocenters. The van der Waals surface area contributed by atoms with Crippen molar-refractivity contribution in [1.29, 1.82) is 0 Å². The zero-order valence-corrected chi connectivity index (χ0v) is 20.2. The van der Waals surface area contributed by atoms with Crippen molar-refractivity contribution in [3.63, 3.8) is 0 Å². The molecule has 0 aromatic heterocycles. The van der Waals surface area contributed by atoms with Crippen molar-refractivity contribution in [2.45, 2.75) is 32.6 Å². The molecule has 172 valence electrons. The lowest BCUT2D eigenvalue weighted by atomic mass is 9.77. The van der Waals surface area contributed by atoms with Gasteiger partial charge in [0.05, 0.1) is 11.3 Å². The Morgan fingerprint density at radius 1 is 0.970 bits per heavy atom. The van der Waals surface area contributed by atoms with Gasteiger partial charge in [0.25, 0.3) is 0 Å². The van der Waals surface area contributed by atoms with Gasteiger partial charge in [0.1, 0.15) is 18.1 Å². The van der Waals surface area contributed by atoms with Crippen LogP contribution >= 0.6 is 11.6 Å². The van der Waals surface area contributed by atoms with Gasteiger partial charge in [-0.2, -0.15) is 0 Å². The number of para-hydroxylation sites is 1. The van der Waals surface area contributed by atoms with Crippen LogP contribution in [-0.2, 0) is 4.79 Å². The van der Waals surface area contributed by atoms with Crippen LogP contribution in [0.5, 0.6) is 11.5 Å². The van der Waals surface area contributed by atoms with Gasteiger partial charge in [0.2, 0.25) is 0 Å². The number of rotatable bonds is 9. The van der Waals surface area contributed by atoms with Gasteiger partial charge in [-0.25, -0.2) is 0 Å². The number of alkyl halides is 1. The molecule has 0 saturated heterocycles. The molecule has 0 aliphatic rings. The minimum absolute atomic E-state index is 0.0273. The summed E-state index contributed by atoms with van der Waals surface area (Å²) in [5, 5.41) is 0. The lowest BCUT2D eigenvalue weighted by molar-refractivity contribution is -0.143. The number of hydrogen-bond acceptors (Lipinski definition) is 3. The molecule has 3 nitrogen and oxygen atoms in total. The first kappa shape index (κ1) is 24.6.